The Bertz CT molecular complexity index is 2710. The van der Waals surface area contributed by atoms with Gasteiger partial charge >= 0.3 is 0 Å². The summed E-state index contributed by atoms with van der Waals surface area (Å²) in [5, 5.41) is 11.2. The Kier molecular flexibility index (Phi) is 7.50. The largest absolute Gasteiger partial charge is 0.456 e. The molecule has 0 atom stereocenters. The van der Waals surface area contributed by atoms with E-state index in [1.165, 1.54) is 0 Å². The molecule has 4 nitrogen and oxygen atoms in total. The SMILES string of the molecule is N#Cc1ccc(-c2ccc(-c3ccc(-c4nc(-c5ccccc5)c(-c5cccc6oc7ccccc7c56)nc4-c4ccccc4)cc3)cc2)cc1. The first-order valence-electron chi connectivity index (χ1n) is 16.9. The van der Waals surface area contributed by atoms with Crippen LogP contribution in [0, 0.1) is 11.3 Å². The van der Waals surface area contributed by atoms with Crippen LogP contribution in [-0.2, 0) is 0 Å². The minimum Gasteiger partial charge on any atom is -0.456 e. The number of furan rings is 1. The van der Waals surface area contributed by atoms with Crippen LogP contribution in [0.2, 0.25) is 0 Å². The Labute approximate surface area is 295 Å². The summed E-state index contributed by atoms with van der Waals surface area (Å²) in [6.07, 6.45) is 0. The summed E-state index contributed by atoms with van der Waals surface area (Å²) in [6.45, 7) is 0. The van der Waals surface area contributed by atoms with Crippen molar-refractivity contribution in [2.45, 2.75) is 0 Å². The third-order valence-corrected chi connectivity index (χ3v) is 9.37. The zero-order valence-corrected chi connectivity index (χ0v) is 27.5. The Morgan fingerprint density at radius 3 is 1.37 bits per heavy atom. The number of nitrogens with zero attached hydrogens (tertiary/aromatic N) is 3. The molecule has 0 spiro atoms. The van der Waals surface area contributed by atoms with Crippen molar-refractivity contribution >= 4 is 21.9 Å². The van der Waals surface area contributed by atoms with Gasteiger partial charge in [0.2, 0.25) is 0 Å². The van der Waals surface area contributed by atoms with Gasteiger partial charge in [-0.25, -0.2) is 9.97 Å². The van der Waals surface area contributed by atoms with E-state index in [0.29, 0.717) is 5.56 Å². The number of nitriles is 1. The van der Waals surface area contributed by atoms with Crippen LogP contribution in [0.4, 0.5) is 0 Å². The van der Waals surface area contributed by atoms with Gasteiger partial charge in [-0.2, -0.15) is 5.26 Å². The Morgan fingerprint density at radius 2 is 0.804 bits per heavy atom. The molecule has 4 heteroatoms. The van der Waals surface area contributed by atoms with Crippen molar-refractivity contribution in [3.05, 3.63) is 181 Å². The monoisotopic (exact) mass is 651 g/mol. The predicted octanol–water partition coefficient (Wildman–Crippen LogP) is 12.2. The Balaban J connectivity index is 1.19. The summed E-state index contributed by atoms with van der Waals surface area (Å²) in [6, 6.07) is 61.9. The molecule has 0 saturated heterocycles. The average molecular weight is 652 g/mol. The second kappa shape index (κ2) is 12.7. The van der Waals surface area contributed by atoms with Crippen molar-refractivity contribution in [1.82, 2.24) is 9.97 Å². The molecule has 0 aliphatic carbocycles. The topological polar surface area (TPSA) is 62.7 Å². The molecule has 2 aromatic heterocycles. The molecule has 0 fully saturated rings. The molecule has 0 N–H and O–H groups in total. The van der Waals surface area contributed by atoms with Gasteiger partial charge < -0.3 is 4.42 Å². The smallest absolute Gasteiger partial charge is 0.136 e. The Hall–Kier alpha value is -7.09. The Morgan fingerprint density at radius 1 is 0.373 bits per heavy atom. The zero-order valence-electron chi connectivity index (χ0n) is 27.5. The lowest BCUT2D eigenvalue weighted by Gasteiger charge is -2.17. The van der Waals surface area contributed by atoms with E-state index in [2.05, 4.69) is 91.0 Å². The molecule has 238 valence electrons. The van der Waals surface area contributed by atoms with E-state index >= 15 is 0 Å². The normalized spacial score (nSPS) is 11.1. The molecule has 0 aliphatic heterocycles. The van der Waals surface area contributed by atoms with Gasteiger partial charge in [0.25, 0.3) is 0 Å². The summed E-state index contributed by atoms with van der Waals surface area (Å²) >= 11 is 0. The maximum absolute atomic E-state index is 9.15. The third kappa shape index (κ3) is 5.53. The van der Waals surface area contributed by atoms with E-state index in [1.54, 1.807) is 0 Å². The molecule has 0 radical (unpaired) electrons. The van der Waals surface area contributed by atoms with Crippen LogP contribution >= 0.6 is 0 Å². The van der Waals surface area contributed by atoms with E-state index in [1.807, 2.05) is 91.0 Å². The van der Waals surface area contributed by atoms with Gasteiger partial charge in [-0.1, -0.05) is 152 Å². The molecule has 9 rings (SSSR count). The molecule has 0 saturated carbocycles. The number of para-hydroxylation sites is 1. The van der Waals surface area contributed by atoms with Crippen LogP contribution in [0.5, 0.6) is 0 Å². The van der Waals surface area contributed by atoms with Crippen LogP contribution in [0.3, 0.4) is 0 Å². The lowest BCUT2D eigenvalue weighted by atomic mass is 9.96. The molecular formula is C47H29N3O. The van der Waals surface area contributed by atoms with Gasteiger partial charge in [0, 0.05) is 33.0 Å². The van der Waals surface area contributed by atoms with Crippen LogP contribution in [0.15, 0.2) is 180 Å². The minimum atomic E-state index is 0.657. The van der Waals surface area contributed by atoms with Crippen molar-refractivity contribution in [3.8, 4) is 73.4 Å². The number of benzene rings is 7. The van der Waals surface area contributed by atoms with E-state index in [4.69, 9.17) is 19.6 Å². The highest BCUT2D eigenvalue weighted by Crippen LogP contribution is 2.42. The summed E-state index contributed by atoms with van der Waals surface area (Å²) in [4.78, 5) is 11.0. The molecule has 0 unspecified atom stereocenters. The maximum atomic E-state index is 9.15. The van der Waals surface area contributed by atoms with Crippen molar-refractivity contribution in [2.24, 2.45) is 0 Å². The fourth-order valence-electron chi connectivity index (χ4n) is 6.80. The average Bonchev–Trinajstić information content (AvgIpc) is 3.60. The summed E-state index contributed by atoms with van der Waals surface area (Å²) < 4.78 is 6.29. The summed E-state index contributed by atoms with van der Waals surface area (Å²) in [7, 11) is 0. The maximum Gasteiger partial charge on any atom is 0.136 e. The number of hydrogen-bond acceptors (Lipinski definition) is 4. The fraction of sp³-hybridized carbons (Fsp3) is 0. The molecule has 7 aromatic carbocycles. The van der Waals surface area contributed by atoms with E-state index in [-0.39, 0.29) is 0 Å². The highest BCUT2D eigenvalue weighted by atomic mass is 16.3. The number of fused-ring (bicyclic) bond motifs is 3. The first kappa shape index (κ1) is 30.0. The van der Waals surface area contributed by atoms with Crippen molar-refractivity contribution in [1.29, 1.82) is 5.26 Å². The van der Waals surface area contributed by atoms with Gasteiger partial charge in [0.05, 0.1) is 34.4 Å². The van der Waals surface area contributed by atoms with E-state index in [0.717, 1.165) is 89.2 Å². The van der Waals surface area contributed by atoms with Gasteiger partial charge in [0.1, 0.15) is 11.2 Å². The minimum absolute atomic E-state index is 0.657. The highest BCUT2D eigenvalue weighted by molar-refractivity contribution is 6.13. The van der Waals surface area contributed by atoms with Crippen molar-refractivity contribution in [2.75, 3.05) is 0 Å². The van der Waals surface area contributed by atoms with E-state index < -0.39 is 0 Å². The molecule has 9 aromatic rings. The molecule has 0 aliphatic rings. The second-order valence-corrected chi connectivity index (χ2v) is 12.5. The molecule has 2 heterocycles. The van der Waals surface area contributed by atoms with E-state index in [9.17, 15) is 0 Å². The molecule has 0 bridgehead atoms. The van der Waals surface area contributed by atoms with Crippen LogP contribution in [0.25, 0.3) is 89.2 Å². The first-order valence-corrected chi connectivity index (χ1v) is 16.9. The van der Waals surface area contributed by atoms with Gasteiger partial charge in [-0.15, -0.1) is 0 Å². The predicted molar refractivity (Wildman–Crippen MR) is 207 cm³/mol. The number of aromatic nitrogens is 2. The second-order valence-electron chi connectivity index (χ2n) is 12.5. The molecule has 0 amide bonds. The van der Waals surface area contributed by atoms with Crippen LogP contribution in [0.1, 0.15) is 5.56 Å². The van der Waals surface area contributed by atoms with Gasteiger partial charge in [-0.3, -0.25) is 0 Å². The molecule has 51 heavy (non-hydrogen) atoms. The lowest BCUT2D eigenvalue weighted by molar-refractivity contribution is 0.669. The zero-order chi connectivity index (χ0) is 34.1. The summed E-state index contributed by atoms with van der Waals surface area (Å²) in [5.74, 6) is 0. The summed E-state index contributed by atoms with van der Waals surface area (Å²) in [5.41, 5.74) is 13.9. The van der Waals surface area contributed by atoms with Crippen molar-refractivity contribution in [3.63, 3.8) is 0 Å². The lowest BCUT2D eigenvalue weighted by Crippen LogP contribution is -2.01. The highest BCUT2D eigenvalue weighted by Gasteiger charge is 2.22. The number of rotatable bonds is 6. The van der Waals surface area contributed by atoms with Gasteiger partial charge in [0.15, 0.2) is 0 Å². The third-order valence-electron chi connectivity index (χ3n) is 9.37. The van der Waals surface area contributed by atoms with Crippen LogP contribution in [-0.4, -0.2) is 9.97 Å². The number of hydrogen-bond donors (Lipinski definition) is 0. The molecular weight excluding hydrogens is 623 g/mol. The van der Waals surface area contributed by atoms with Crippen molar-refractivity contribution < 1.29 is 4.42 Å². The fourth-order valence-corrected chi connectivity index (χ4v) is 6.80. The quantitative estimate of drug-likeness (QED) is 0.179. The first-order chi connectivity index (χ1) is 25.2. The van der Waals surface area contributed by atoms with Gasteiger partial charge in [-0.05, 0) is 46.5 Å². The van der Waals surface area contributed by atoms with Crippen LogP contribution < -0.4 is 0 Å². The standard InChI is InChI=1S/C47H29N3O/c48-30-31-18-20-32(21-19-31)33-22-24-34(25-23-33)35-26-28-38(29-27-35)45-44(36-10-3-1-4-11-36)50-47(46(49-45)37-12-5-2-6-13-37)40-15-9-17-42-43(40)39-14-7-8-16-41(39)51-42/h1-29H.